The largest absolute Gasteiger partial charge is 0.465 e. The van der Waals surface area contributed by atoms with Crippen molar-refractivity contribution in [1.82, 2.24) is 9.97 Å². The Labute approximate surface area is 119 Å². The summed E-state index contributed by atoms with van der Waals surface area (Å²) in [6, 6.07) is 3.39. The smallest absolute Gasteiger partial charge is 0.416 e. The van der Waals surface area contributed by atoms with E-state index in [4.69, 9.17) is 0 Å². The maximum atomic E-state index is 13.1. The Morgan fingerprint density at radius 2 is 2.10 bits per heavy atom. The molecule has 0 radical (unpaired) electrons. The fourth-order valence-electron chi connectivity index (χ4n) is 1.98. The van der Waals surface area contributed by atoms with Crippen LogP contribution in [0.1, 0.15) is 33.0 Å². The normalized spacial score (nSPS) is 11.5. The quantitative estimate of drug-likeness (QED) is 0.886. The zero-order valence-electron chi connectivity index (χ0n) is 11.4. The summed E-state index contributed by atoms with van der Waals surface area (Å²) in [5, 5.41) is 0. The molecule has 0 saturated heterocycles. The molecule has 0 amide bonds. The highest BCUT2D eigenvalue weighted by atomic mass is 19.4. The van der Waals surface area contributed by atoms with Gasteiger partial charge in [-0.25, -0.2) is 9.78 Å². The summed E-state index contributed by atoms with van der Waals surface area (Å²) in [4.78, 5) is 18.2. The van der Waals surface area contributed by atoms with Gasteiger partial charge in [-0.15, -0.1) is 0 Å². The monoisotopic (exact) mass is 298 g/mol. The molecule has 21 heavy (non-hydrogen) atoms. The molecule has 112 valence electrons. The second-order valence-electron chi connectivity index (χ2n) is 4.55. The number of H-pyrrole nitrogens is 1. The molecule has 0 atom stereocenters. The third kappa shape index (κ3) is 3.42. The number of ether oxygens (including phenoxy) is 1. The van der Waals surface area contributed by atoms with Crippen molar-refractivity contribution in [2.45, 2.75) is 19.5 Å². The molecule has 0 aliphatic rings. The summed E-state index contributed by atoms with van der Waals surface area (Å²) in [5.74, 6) is -0.371. The van der Waals surface area contributed by atoms with E-state index in [2.05, 4.69) is 14.7 Å². The Hall–Kier alpha value is -2.31. The molecule has 1 N–H and O–H groups in total. The molecule has 7 heteroatoms. The van der Waals surface area contributed by atoms with Gasteiger partial charge in [-0.2, -0.15) is 13.2 Å². The molecule has 1 aromatic carbocycles. The standard InChI is InChI=1S/C14H13F3N2O2/c1-8-7-18-12(19-8)6-9-3-4-10(13(20)21-2)5-11(9)14(15,16)17/h3-5,7H,6H2,1-2H3,(H,18,19). The van der Waals surface area contributed by atoms with Crippen molar-refractivity contribution in [2.75, 3.05) is 7.11 Å². The van der Waals surface area contributed by atoms with Crippen molar-refractivity contribution >= 4 is 5.97 Å². The summed E-state index contributed by atoms with van der Waals surface area (Å²) < 4.78 is 43.8. The molecule has 0 fully saturated rings. The number of methoxy groups -OCH3 is 1. The van der Waals surface area contributed by atoms with Gasteiger partial charge in [-0.3, -0.25) is 0 Å². The highest BCUT2D eigenvalue weighted by molar-refractivity contribution is 5.89. The summed E-state index contributed by atoms with van der Waals surface area (Å²) in [6.45, 7) is 1.77. The van der Waals surface area contributed by atoms with Crippen LogP contribution in [-0.2, 0) is 17.3 Å². The van der Waals surface area contributed by atoms with Crippen molar-refractivity contribution in [3.8, 4) is 0 Å². The first kappa shape index (κ1) is 15.1. The van der Waals surface area contributed by atoms with Crippen LogP contribution in [0, 0.1) is 6.92 Å². The number of nitrogens with one attached hydrogen (secondary N) is 1. The number of aryl methyl sites for hydroxylation is 1. The molecule has 0 aliphatic carbocycles. The van der Waals surface area contributed by atoms with E-state index < -0.39 is 17.7 Å². The van der Waals surface area contributed by atoms with Crippen LogP contribution in [0.25, 0.3) is 0 Å². The molecule has 0 unspecified atom stereocenters. The molecule has 0 bridgehead atoms. The van der Waals surface area contributed by atoms with E-state index in [1.54, 1.807) is 13.1 Å². The van der Waals surface area contributed by atoms with Crippen molar-refractivity contribution in [1.29, 1.82) is 0 Å². The lowest BCUT2D eigenvalue weighted by Crippen LogP contribution is -2.12. The second kappa shape index (κ2) is 5.59. The number of rotatable bonds is 3. The van der Waals surface area contributed by atoms with Gasteiger partial charge in [0, 0.05) is 18.3 Å². The third-order valence-electron chi connectivity index (χ3n) is 2.95. The molecular formula is C14H13F3N2O2. The van der Waals surface area contributed by atoms with Crippen LogP contribution in [0.15, 0.2) is 24.4 Å². The van der Waals surface area contributed by atoms with Gasteiger partial charge in [0.15, 0.2) is 0 Å². The Morgan fingerprint density at radius 3 is 2.62 bits per heavy atom. The first-order valence-corrected chi connectivity index (χ1v) is 6.10. The molecule has 1 aromatic heterocycles. The van der Waals surface area contributed by atoms with Gasteiger partial charge >= 0.3 is 12.1 Å². The molecule has 0 saturated carbocycles. The number of halogens is 3. The lowest BCUT2D eigenvalue weighted by molar-refractivity contribution is -0.138. The van der Waals surface area contributed by atoms with Crippen LogP contribution < -0.4 is 0 Å². The first-order valence-electron chi connectivity index (χ1n) is 6.10. The van der Waals surface area contributed by atoms with E-state index in [9.17, 15) is 18.0 Å². The second-order valence-corrected chi connectivity index (χ2v) is 4.55. The predicted octanol–water partition coefficient (Wildman–Crippen LogP) is 3.11. The fourth-order valence-corrected chi connectivity index (χ4v) is 1.98. The van der Waals surface area contributed by atoms with Gasteiger partial charge in [0.2, 0.25) is 0 Å². The van der Waals surface area contributed by atoms with Gasteiger partial charge in [0.25, 0.3) is 0 Å². The Morgan fingerprint density at radius 1 is 1.38 bits per heavy atom. The average molecular weight is 298 g/mol. The number of benzene rings is 1. The Kier molecular flexibility index (Phi) is 4.02. The molecule has 1 heterocycles. The van der Waals surface area contributed by atoms with E-state index in [-0.39, 0.29) is 17.5 Å². The van der Waals surface area contributed by atoms with Gasteiger partial charge in [0.05, 0.1) is 18.2 Å². The number of aromatic amines is 1. The lowest BCUT2D eigenvalue weighted by Gasteiger charge is -2.13. The number of aromatic nitrogens is 2. The van der Waals surface area contributed by atoms with Crippen molar-refractivity contribution in [3.63, 3.8) is 0 Å². The number of alkyl halides is 3. The average Bonchev–Trinajstić information content (AvgIpc) is 2.82. The number of nitrogens with zero attached hydrogens (tertiary/aromatic N) is 1. The minimum atomic E-state index is -4.55. The summed E-state index contributed by atoms with van der Waals surface area (Å²) in [7, 11) is 1.12. The zero-order valence-corrected chi connectivity index (χ0v) is 11.4. The zero-order chi connectivity index (χ0) is 15.6. The van der Waals surface area contributed by atoms with E-state index in [1.165, 1.54) is 12.1 Å². The highest BCUT2D eigenvalue weighted by Crippen LogP contribution is 2.33. The molecule has 2 rings (SSSR count). The van der Waals surface area contributed by atoms with E-state index in [0.29, 0.717) is 5.82 Å². The van der Waals surface area contributed by atoms with Crippen LogP contribution in [0.2, 0.25) is 0 Å². The summed E-state index contributed by atoms with van der Waals surface area (Å²) in [5.41, 5.74) is -0.183. The van der Waals surface area contributed by atoms with Gasteiger partial charge in [0.1, 0.15) is 5.82 Å². The fraction of sp³-hybridized carbons (Fsp3) is 0.286. The van der Waals surface area contributed by atoms with Crippen LogP contribution >= 0.6 is 0 Å². The predicted molar refractivity (Wildman–Crippen MR) is 68.9 cm³/mol. The molecule has 0 aliphatic heterocycles. The maximum Gasteiger partial charge on any atom is 0.416 e. The molecular weight excluding hydrogens is 285 g/mol. The number of carbonyl (C=O) groups excluding carboxylic acids is 1. The number of carbonyl (C=O) groups is 1. The third-order valence-corrected chi connectivity index (χ3v) is 2.95. The number of esters is 1. The van der Waals surface area contributed by atoms with Gasteiger partial charge in [-0.1, -0.05) is 6.07 Å². The SMILES string of the molecule is COC(=O)c1ccc(Cc2ncc(C)[nH]2)c(C(F)(F)F)c1. The van der Waals surface area contributed by atoms with E-state index in [0.717, 1.165) is 18.9 Å². The first-order chi connectivity index (χ1) is 9.81. The van der Waals surface area contributed by atoms with Crippen molar-refractivity contribution in [2.24, 2.45) is 0 Å². The number of hydrogen-bond acceptors (Lipinski definition) is 3. The minimum absolute atomic E-state index is 0.00410. The summed E-state index contributed by atoms with van der Waals surface area (Å²) >= 11 is 0. The highest BCUT2D eigenvalue weighted by Gasteiger charge is 2.34. The lowest BCUT2D eigenvalue weighted by atomic mass is 10.0. The van der Waals surface area contributed by atoms with Gasteiger partial charge in [-0.05, 0) is 24.6 Å². The maximum absolute atomic E-state index is 13.1. The van der Waals surface area contributed by atoms with Gasteiger partial charge < -0.3 is 9.72 Å². The number of hydrogen-bond donors (Lipinski definition) is 1. The number of imidazole rings is 1. The Balaban J connectivity index is 2.42. The van der Waals surface area contributed by atoms with E-state index >= 15 is 0 Å². The van der Waals surface area contributed by atoms with Crippen LogP contribution in [-0.4, -0.2) is 23.0 Å². The van der Waals surface area contributed by atoms with Crippen LogP contribution in [0.3, 0.4) is 0 Å². The van der Waals surface area contributed by atoms with E-state index in [1.807, 2.05) is 0 Å². The molecule has 4 nitrogen and oxygen atoms in total. The van der Waals surface area contributed by atoms with Crippen molar-refractivity contribution in [3.05, 3.63) is 52.6 Å². The molecule has 2 aromatic rings. The molecule has 0 spiro atoms. The summed E-state index contributed by atoms with van der Waals surface area (Å²) in [6.07, 6.45) is -3.00. The van der Waals surface area contributed by atoms with Crippen molar-refractivity contribution < 1.29 is 22.7 Å². The van der Waals surface area contributed by atoms with Crippen LogP contribution in [0.4, 0.5) is 13.2 Å². The Bertz CT molecular complexity index is 662. The van der Waals surface area contributed by atoms with Crippen LogP contribution in [0.5, 0.6) is 0 Å². The topological polar surface area (TPSA) is 55.0 Å². The minimum Gasteiger partial charge on any atom is -0.465 e.